The van der Waals surface area contributed by atoms with Crippen molar-refractivity contribution in [1.29, 1.82) is 0 Å². The Morgan fingerprint density at radius 2 is 2.06 bits per heavy atom. The van der Waals surface area contributed by atoms with Gasteiger partial charge < -0.3 is 5.73 Å². The average Bonchev–Trinajstić information content (AvgIpc) is 2.63. The molecule has 0 spiro atoms. The van der Waals surface area contributed by atoms with Crippen LogP contribution in [0.2, 0.25) is 0 Å². The van der Waals surface area contributed by atoms with Gasteiger partial charge in [0.1, 0.15) is 10.7 Å². The Morgan fingerprint density at radius 3 is 2.69 bits per heavy atom. The summed E-state index contributed by atoms with van der Waals surface area (Å²) in [6.07, 6.45) is 0.944. The number of rotatable bonds is 2. The molecule has 2 aromatic rings. The fourth-order valence-electron chi connectivity index (χ4n) is 1.71. The van der Waals surface area contributed by atoms with Gasteiger partial charge in [-0.2, -0.15) is 0 Å². The van der Waals surface area contributed by atoms with E-state index in [0.717, 1.165) is 27.7 Å². The van der Waals surface area contributed by atoms with Crippen LogP contribution in [0.25, 0.3) is 11.3 Å². The lowest BCUT2D eigenvalue weighted by atomic mass is 10.0. The molecule has 0 saturated heterocycles. The van der Waals surface area contributed by atoms with Crippen molar-refractivity contribution in [3.8, 4) is 11.3 Å². The minimum Gasteiger partial charge on any atom is -0.389 e. The van der Waals surface area contributed by atoms with Gasteiger partial charge in [0.2, 0.25) is 0 Å². The van der Waals surface area contributed by atoms with E-state index in [0.29, 0.717) is 0 Å². The highest BCUT2D eigenvalue weighted by Crippen LogP contribution is 2.33. The van der Waals surface area contributed by atoms with Crippen LogP contribution in [0.4, 0.5) is 5.00 Å². The maximum Gasteiger partial charge on any atom is 0.114 e. The van der Waals surface area contributed by atoms with Crippen molar-refractivity contribution in [3.63, 3.8) is 0 Å². The fraction of sp³-hybridized carbons (Fsp3) is 0.308. The lowest BCUT2D eigenvalue weighted by Gasteiger charge is -2.04. The van der Waals surface area contributed by atoms with E-state index in [1.807, 2.05) is 0 Å². The molecule has 0 unspecified atom stereocenters. The monoisotopic (exact) mass is 232 g/mol. The number of anilines is 1. The summed E-state index contributed by atoms with van der Waals surface area (Å²) in [6, 6.07) is 6.39. The zero-order chi connectivity index (χ0) is 11.7. The van der Waals surface area contributed by atoms with Gasteiger partial charge in [-0.25, -0.2) is 4.98 Å². The summed E-state index contributed by atoms with van der Waals surface area (Å²) in [4.78, 5) is 4.59. The van der Waals surface area contributed by atoms with Crippen molar-refractivity contribution in [3.05, 3.63) is 34.3 Å². The van der Waals surface area contributed by atoms with E-state index in [4.69, 9.17) is 5.73 Å². The maximum absolute atomic E-state index is 6.02. The Kier molecular flexibility index (Phi) is 2.97. The van der Waals surface area contributed by atoms with Crippen LogP contribution in [0.5, 0.6) is 0 Å². The SMILES string of the molecule is CCc1nc(-c2cc(C)ccc2C)c(N)s1. The van der Waals surface area contributed by atoms with Crippen LogP contribution in [0.15, 0.2) is 18.2 Å². The molecule has 1 heterocycles. The van der Waals surface area contributed by atoms with Crippen LogP contribution >= 0.6 is 11.3 Å². The van der Waals surface area contributed by atoms with Crippen molar-refractivity contribution < 1.29 is 0 Å². The Balaban J connectivity index is 2.57. The number of nitrogens with two attached hydrogens (primary N) is 1. The number of aryl methyl sites for hydroxylation is 3. The quantitative estimate of drug-likeness (QED) is 0.859. The Labute approximate surface area is 100 Å². The smallest absolute Gasteiger partial charge is 0.114 e. The molecule has 1 aromatic carbocycles. The molecule has 0 fully saturated rings. The summed E-state index contributed by atoms with van der Waals surface area (Å²) in [6.45, 7) is 6.29. The van der Waals surface area contributed by atoms with Gasteiger partial charge >= 0.3 is 0 Å². The lowest BCUT2D eigenvalue weighted by molar-refractivity contribution is 1.09. The van der Waals surface area contributed by atoms with E-state index in [1.165, 1.54) is 11.1 Å². The largest absolute Gasteiger partial charge is 0.389 e. The van der Waals surface area contributed by atoms with Gasteiger partial charge in [0.15, 0.2) is 0 Å². The fourth-order valence-corrected chi connectivity index (χ4v) is 2.50. The molecule has 2 N–H and O–H groups in total. The number of hydrogen-bond donors (Lipinski definition) is 1. The van der Waals surface area contributed by atoms with Gasteiger partial charge in [-0.3, -0.25) is 0 Å². The Bertz CT molecular complexity index is 515. The van der Waals surface area contributed by atoms with Crippen LogP contribution in [-0.2, 0) is 6.42 Å². The second-order valence-electron chi connectivity index (χ2n) is 3.99. The average molecular weight is 232 g/mol. The molecule has 0 aliphatic carbocycles. The molecule has 1 aromatic heterocycles. The van der Waals surface area contributed by atoms with Crippen LogP contribution in [0, 0.1) is 13.8 Å². The number of aromatic nitrogens is 1. The molecule has 0 bridgehead atoms. The zero-order valence-electron chi connectivity index (χ0n) is 9.87. The topological polar surface area (TPSA) is 38.9 Å². The summed E-state index contributed by atoms with van der Waals surface area (Å²) >= 11 is 1.59. The molecule has 0 saturated carbocycles. The molecule has 0 atom stereocenters. The lowest BCUT2D eigenvalue weighted by Crippen LogP contribution is -1.90. The second kappa shape index (κ2) is 4.26. The first-order valence-electron chi connectivity index (χ1n) is 5.44. The number of benzene rings is 1. The van der Waals surface area contributed by atoms with E-state index in [2.05, 4.69) is 44.0 Å². The zero-order valence-corrected chi connectivity index (χ0v) is 10.7. The van der Waals surface area contributed by atoms with Crippen molar-refractivity contribution in [2.45, 2.75) is 27.2 Å². The van der Waals surface area contributed by atoms with Crippen LogP contribution in [-0.4, -0.2) is 4.98 Å². The number of hydrogen-bond acceptors (Lipinski definition) is 3. The molecule has 3 heteroatoms. The third-order valence-corrected chi connectivity index (χ3v) is 3.68. The minimum atomic E-state index is 0.825. The summed E-state index contributed by atoms with van der Waals surface area (Å²) in [5.41, 5.74) is 10.6. The highest BCUT2D eigenvalue weighted by Gasteiger charge is 2.11. The van der Waals surface area contributed by atoms with E-state index >= 15 is 0 Å². The highest BCUT2D eigenvalue weighted by atomic mass is 32.1. The predicted octanol–water partition coefficient (Wildman–Crippen LogP) is 3.57. The number of nitrogens with zero attached hydrogens (tertiary/aromatic N) is 1. The van der Waals surface area contributed by atoms with E-state index in [9.17, 15) is 0 Å². The highest BCUT2D eigenvalue weighted by molar-refractivity contribution is 7.16. The van der Waals surface area contributed by atoms with Crippen molar-refractivity contribution >= 4 is 16.3 Å². The van der Waals surface area contributed by atoms with Crippen LogP contribution in [0.1, 0.15) is 23.1 Å². The summed E-state index contributed by atoms with van der Waals surface area (Å²) in [5.74, 6) is 0. The molecule has 84 valence electrons. The number of thiazole rings is 1. The van der Waals surface area contributed by atoms with Gasteiger partial charge in [-0.15, -0.1) is 11.3 Å². The van der Waals surface area contributed by atoms with Gasteiger partial charge in [0, 0.05) is 5.56 Å². The standard InChI is InChI=1S/C13H16N2S/c1-4-11-15-12(13(14)16-11)10-7-8(2)5-6-9(10)3/h5-7H,4,14H2,1-3H3. The molecule has 0 amide bonds. The van der Waals surface area contributed by atoms with Crippen LogP contribution in [0.3, 0.4) is 0 Å². The van der Waals surface area contributed by atoms with E-state index in [1.54, 1.807) is 11.3 Å². The Hall–Kier alpha value is -1.35. The molecule has 2 rings (SSSR count). The van der Waals surface area contributed by atoms with Gasteiger partial charge in [-0.05, 0) is 31.9 Å². The molecular weight excluding hydrogens is 216 g/mol. The molecule has 0 aliphatic rings. The normalized spacial score (nSPS) is 10.7. The number of nitrogen functional groups attached to an aromatic ring is 1. The predicted molar refractivity (Wildman–Crippen MR) is 70.8 cm³/mol. The van der Waals surface area contributed by atoms with Crippen molar-refractivity contribution in [1.82, 2.24) is 4.98 Å². The Morgan fingerprint density at radius 1 is 1.31 bits per heavy atom. The van der Waals surface area contributed by atoms with Gasteiger partial charge in [-0.1, -0.05) is 24.6 Å². The van der Waals surface area contributed by atoms with E-state index in [-0.39, 0.29) is 0 Å². The molecule has 2 nitrogen and oxygen atoms in total. The third kappa shape index (κ3) is 1.95. The maximum atomic E-state index is 6.02. The molecule has 0 radical (unpaired) electrons. The van der Waals surface area contributed by atoms with Crippen molar-refractivity contribution in [2.24, 2.45) is 0 Å². The van der Waals surface area contributed by atoms with E-state index < -0.39 is 0 Å². The first-order chi connectivity index (χ1) is 7.61. The second-order valence-corrected chi connectivity index (χ2v) is 5.11. The summed E-state index contributed by atoms with van der Waals surface area (Å²) in [5, 5.41) is 1.93. The van der Waals surface area contributed by atoms with Crippen LogP contribution < -0.4 is 5.73 Å². The third-order valence-electron chi connectivity index (χ3n) is 2.65. The van der Waals surface area contributed by atoms with Gasteiger partial charge in [0.05, 0.1) is 5.01 Å². The van der Waals surface area contributed by atoms with Gasteiger partial charge in [0.25, 0.3) is 0 Å². The molecule has 16 heavy (non-hydrogen) atoms. The molecular formula is C13H16N2S. The minimum absolute atomic E-state index is 0.825. The summed E-state index contributed by atoms with van der Waals surface area (Å²) in [7, 11) is 0. The first kappa shape index (κ1) is 11.1. The first-order valence-corrected chi connectivity index (χ1v) is 6.26. The summed E-state index contributed by atoms with van der Waals surface area (Å²) < 4.78 is 0. The van der Waals surface area contributed by atoms with Crippen molar-refractivity contribution in [2.75, 3.05) is 5.73 Å². The molecule has 0 aliphatic heterocycles.